The molecule has 0 aliphatic carbocycles. The van der Waals surface area contributed by atoms with Crippen molar-refractivity contribution in [2.45, 2.75) is 26.3 Å². The number of hydrogen-bond donors (Lipinski definition) is 3. The minimum absolute atomic E-state index is 0.121. The maximum atomic E-state index is 11.6. The molecule has 0 aliphatic heterocycles. The number of benzene rings is 1. The molecule has 88 valence electrons. The molecule has 0 unspecified atom stereocenters. The third kappa shape index (κ3) is 3.90. The second kappa shape index (κ2) is 5.51. The maximum Gasteiger partial charge on any atom is 0.241 e. The maximum absolute atomic E-state index is 11.6. The number of phenols is 1. The van der Waals surface area contributed by atoms with Crippen LogP contribution >= 0.6 is 0 Å². The molecule has 1 atom stereocenters. The van der Waals surface area contributed by atoms with Crippen LogP contribution in [0, 0.1) is 5.92 Å². The van der Waals surface area contributed by atoms with Crippen LogP contribution in [-0.4, -0.2) is 17.1 Å². The van der Waals surface area contributed by atoms with Crippen LogP contribution in [0.2, 0.25) is 0 Å². The van der Waals surface area contributed by atoms with Gasteiger partial charge in [-0.15, -0.1) is 0 Å². The highest BCUT2D eigenvalue weighted by atomic mass is 16.3. The molecule has 0 saturated carbocycles. The summed E-state index contributed by atoms with van der Waals surface area (Å²) in [5.74, 6) is 0.277. The number of anilines is 1. The molecule has 0 aromatic heterocycles. The molecular weight excluding hydrogens is 204 g/mol. The minimum Gasteiger partial charge on any atom is -0.508 e. The van der Waals surface area contributed by atoms with Crippen molar-refractivity contribution in [3.05, 3.63) is 24.3 Å². The summed E-state index contributed by atoms with van der Waals surface area (Å²) in [4.78, 5) is 11.6. The van der Waals surface area contributed by atoms with E-state index in [0.29, 0.717) is 18.0 Å². The highest BCUT2D eigenvalue weighted by Gasteiger charge is 2.14. The second-order valence-corrected chi connectivity index (χ2v) is 4.28. The first-order valence-electron chi connectivity index (χ1n) is 5.34. The van der Waals surface area contributed by atoms with Gasteiger partial charge >= 0.3 is 0 Å². The number of aromatic hydroxyl groups is 1. The summed E-state index contributed by atoms with van der Waals surface area (Å²) in [5.41, 5.74) is 6.29. The van der Waals surface area contributed by atoms with E-state index in [4.69, 9.17) is 5.73 Å². The monoisotopic (exact) mass is 222 g/mol. The molecule has 0 spiro atoms. The van der Waals surface area contributed by atoms with E-state index >= 15 is 0 Å². The van der Waals surface area contributed by atoms with Gasteiger partial charge in [0.2, 0.25) is 5.91 Å². The van der Waals surface area contributed by atoms with Crippen LogP contribution in [0.4, 0.5) is 5.69 Å². The number of carbonyl (C=O) groups is 1. The fourth-order valence-electron chi connectivity index (χ4n) is 1.43. The van der Waals surface area contributed by atoms with E-state index in [9.17, 15) is 9.90 Å². The van der Waals surface area contributed by atoms with E-state index in [1.807, 2.05) is 13.8 Å². The summed E-state index contributed by atoms with van der Waals surface area (Å²) in [6.45, 7) is 4.03. The van der Waals surface area contributed by atoms with Crippen molar-refractivity contribution < 1.29 is 9.90 Å². The van der Waals surface area contributed by atoms with Gasteiger partial charge in [0.1, 0.15) is 5.75 Å². The Bertz CT molecular complexity index is 364. The number of nitrogens with two attached hydrogens (primary N) is 1. The molecule has 1 rings (SSSR count). The van der Waals surface area contributed by atoms with Crippen molar-refractivity contribution in [3.63, 3.8) is 0 Å². The van der Waals surface area contributed by atoms with E-state index in [1.54, 1.807) is 18.2 Å². The van der Waals surface area contributed by atoms with Crippen LogP contribution in [0.5, 0.6) is 5.75 Å². The molecule has 4 N–H and O–H groups in total. The summed E-state index contributed by atoms with van der Waals surface area (Å²) in [6, 6.07) is 5.89. The third-order valence-corrected chi connectivity index (χ3v) is 2.18. The quantitative estimate of drug-likeness (QED) is 0.725. The van der Waals surface area contributed by atoms with Crippen molar-refractivity contribution in [2.24, 2.45) is 11.7 Å². The molecule has 0 saturated heterocycles. The first-order valence-corrected chi connectivity index (χ1v) is 5.34. The fourth-order valence-corrected chi connectivity index (χ4v) is 1.43. The van der Waals surface area contributed by atoms with Gasteiger partial charge in [-0.2, -0.15) is 0 Å². The average molecular weight is 222 g/mol. The number of hydrogen-bond acceptors (Lipinski definition) is 3. The van der Waals surface area contributed by atoms with Gasteiger partial charge in [0, 0.05) is 11.8 Å². The van der Waals surface area contributed by atoms with Crippen molar-refractivity contribution in [1.82, 2.24) is 0 Å². The zero-order chi connectivity index (χ0) is 12.1. The predicted octanol–water partition coefficient (Wildman–Crippen LogP) is 1.70. The SMILES string of the molecule is CC(C)C[C@@H](N)C(=O)Nc1cccc(O)c1. The standard InChI is InChI=1S/C12H18N2O2/c1-8(2)6-11(13)12(16)14-9-4-3-5-10(15)7-9/h3-5,7-8,11,15H,6,13H2,1-2H3,(H,14,16)/t11-/m1/s1. The lowest BCUT2D eigenvalue weighted by Gasteiger charge is -2.14. The Morgan fingerprint density at radius 1 is 1.50 bits per heavy atom. The summed E-state index contributed by atoms with van der Waals surface area (Å²) in [6.07, 6.45) is 0.644. The molecule has 16 heavy (non-hydrogen) atoms. The summed E-state index contributed by atoms with van der Waals surface area (Å²) in [5, 5.41) is 11.9. The molecule has 1 aromatic carbocycles. The number of amides is 1. The third-order valence-electron chi connectivity index (χ3n) is 2.18. The van der Waals surface area contributed by atoms with Crippen LogP contribution in [0.1, 0.15) is 20.3 Å². The Balaban J connectivity index is 2.57. The Morgan fingerprint density at radius 3 is 2.75 bits per heavy atom. The van der Waals surface area contributed by atoms with E-state index in [-0.39, 0.29) is 11.7 Å². The molecule has 0 aliphatic rings. The highest BCUT2D eigenvalue weighted by Crippen LogP contribution is 2.15. The van der Waals surface area contributed by atoms with Gasteiger partial charge in [-0.25, -0.2) is 0 Å². The van der Waals surface area contributed by atoms with E-state index in [2.05, 4.69) is 5.32 Å². The normalized spacial score (nSPS) is 12.5. The summed E-state index contributed by atoms with van der Waals surface area (Å²) >= 11 is 0. The summed E-state index contributed by atoms with van der Waals surface area (Å²) < 4.78 is 0. The van der Waals surface area contributed by atoms with Crippen molar-refractivity contribution in [2.75, 3.05) is 5.32 Å². The predicted molar refractivity (Wildman–Crippen MR) is 64.2 cm³/mol. The van der Waals surface area contributed by atoms with Gasteiger partial charge in [0.05, 0.1) is 6.04 Å². The van der Waals surface area contributed by atoms with Gasteiger partial charge in [0.25, 0.3) is 0 Å². The fraction of sp³-hybridized carbons (Fsp3) is 0.417. The van der Waals surface area contributed by atoms with Crippen molar-refractivity contribution >= 4 is 11.6 Å². The van der Waals surface area contributed by atoms with Gasteiger partial charge in [-0.05, 0) is 24.5 Å². The minimum atomic E-state index is -0.512. The largest absolute Gasteiger partial charge is 0.508 e. The molecule has 1 aromatic rings. The zero-order valence-corrected chi connectivity index (χ0v) is 9.60. The van der Waals surface area contributed by atoms with Crippen LogP contribution < -0.4 is 11.1 Å². The van der Waals surface area contributed by atoms with Crippen LogP contribution in [0.25, 0.3) is 0 Å². The lowest BCUT2D eigenvalue weighted by Crippen LogP contribution is -2.36. The number of carbonyl (C=O) groups excluding carboxylic acids is 1. The lowest BCUT2D eigenvalue weighted by molar-refractivity contribution is -0.117. The summed E-state index contributed by atoms with van der Waals surface area (Å²) in [7, 11) is 0. The van der Waals surface area contributed by atoms with Gasteiger partial charge in [-0.1, -0.05) is 19.9 Å². The lowest BCUT2D eigenvalue weighted by atomic mass is 10.0. The molecule has 4 heteroatoms. The first kappa shape index (κ1) is 12.5. The molecule has 4 nitrogen and oxygen atoms in total. The Morgan fingerprint density at radius 2 is 2.19 bits per heavy atom. The molecule has 0 fully saturated rings. The van der Waals surface area contributed by atoms with Crippen LogP contribution in [0.15, 0.2) is 24.3 Å². The topological polar surface area (TPSA) is 75.4 Å². The van der Waals surface area contributed by atoms with Crippen LogP contribution in [0.3, 0.4) is 0 Å². The van der Waals surface area contributed by atoms with Gasteiger partial charge < -0.3 is 16.2 Å². The van der Waals surface area contributed by atoms with Crippen LogP contribution in [-0.2, 0) is 4.79 Å². The second-order valence-electron chi connectivity index (χ2n) is 4.28. The zero-order valence-electron chi connectivity index (χ0n) is 9.60. The van der Waals surface area contributed by atoms with Gasteiger partial charge in [0.15, 0.2) is 0 Å². The molecule has 0 radical (unpaired) electrons. The van der Waals surface area contributed by atoms with Gasteiger partial charge in [-0.3, -0.25) is 4.79 Å². The smallest absolute Gasteiger partial charge is 0.241 e. The van der Waals surface area contributed by atoms with E-state index < -0.39 is 6.04 Å². The van der Waals surface area contributed by atoms with Crippen molar-refractivity contribution in [3.8, 4) is 5.75 Å². The number of nitrogens with one attached hydrogen (secondary N) is 1. The molecule has 0 bridgehead atoms. The Labute approximate surface area is 95.5 Å². The number of phenolic OH excluding ortho intramolecular Hbond substituents is 1. The highest BCUT2D eigenvalue weighted by molar-refractivity contribution is 5.94. The Hall–Kier alpha value is -1.55. The number of rotatable bonds is 4. The Kier molecular flexibility index (Phi) is 4.31. The van der Waals surface area contributed by atoms with E-state index in [0.717, 1.165) is 0 Å². The first-order chi connectivity index (χ1) is 7.49. The molecular formula is C12H18N2O2. The van der Waals surface area contributed by atoms with E-state index in [1.165, 1.54) is 6.07 Å². The molecule has 1 amide bonds. The van der Waals surface area contributed by atoms with Crippen molar-refractivity contribution in [1.29, 1.82) is 0 Å². The average Bonchev–Trinajstić information content (AvgIpc) is 2.16. The molecule has 0 heterocycles.